The molecule has 232 valence electrons. The van der Waals surface area contributed by atoms with Crippen LogP contribution in [0.1, 0.15) is 57.4 Å². The number of nitrogens with zero attached hydrogens (tertiary/aromatic N) is 5. The van der Waals surface area contributed by atoms with E-state index in [1.54, 1.807) is 28.6 Å². The molecule has 1 aromatic carbocycles. The number of carbonyl (C=O) groups excluding carboxylic acids is 2. The van der Waals surface area contributed by atoms with Crippen molar-refractivity contribution in [3.63, 3.8) is 0 Å². The summed E-state index contributed by atoms with van der Waals surface area (Å²) < 4.78 is 9.15. The third-order valence-electron chi connectivity index (χ3n) is 9.28. The zero-order valence-electron chi connectivity index (χ0n) is 25.8. The quantitative estimate of drug-likeness (QED) is 0.345. The van der Waals surface area contributed by atoms with Gasteiger partial charge in [-0.3, -0.25) is 14.4 Å². The van der Waals surface area contributed by atoms with E-state index < -0.39 is 0 Å². The molecule has 1 N–H and O–H groups in total. The van der Waals surface area contributed by atoms with Crippen LogP contribution < -0.4 is 15.8 Å². The van der Waals surface area contributed by atoms with Crippen molar-refractivity contribution in [1.82, 2.24) is 19.0 Å². The number of anilines is 3. The van der Waals surface area contributed by atoms with Gasteiger partial charge in [0.05, 0.1) is 18.8 Å². The van der Waals surface area contributed by atoms with E-state index in [2.05, 4.69) is 27.9 Å². The monoisotopic (exact) mass is 606 g/mol. The number of rotatable bonds is 6. The summed E-state index contributed by atoms with van der Waals surface area (Å²) in [6.07, 6.45) is 8.56. The van der Waals surface area contributed by atoms with Crippen LogP contribution in [0.15, 0.2) is 59.7 Å². The number of hydrogen-bond donors (Lipinski definition) is 1. The first-order valence-corrected chi connectivity index (χ1v) is 15.9. The highest BCUT2D eigenvalue weighted by molar-refractivity contribution is 6.07. The van der Waals surface area contributed by atoms with Gasteiger partial charge in [-0.1, -0.05) is 19.1 Å². The second kappa shape index (κ2) is 12.0. The predicted octanol–water partition coefficient (Wildman–Crippen LogP) is 4.57. The molecule has 3 aliphatic rings. The molecule has 5 heterocycles. The predicted molar refractivity (Wildman–Crippen MR) is 173 cm³/mol. The molecule has 0 unspecified atom stereocenters. The molecule has 1 saturated heterocycles. The van der Waals surface area contributed by atoms with Crippen LogP contribution in [0.4, 0.5) is 17.2 Å². The molecule has 0 spiro atoms. The van der Waals surface area contributed by atoms with E-state index in [4.69, 9.17) is 4.74 Å². The van der Waals surface area contributed by atoms with Gasteiger partial charge in [-0.2, -0.15) is 0 Å². The van der Waals surface area contributed by atoms with Crippen LogP contribution in [0.2, 0.25) is 0 Å². The highest BCUT2D eigenvalue weighted by atomic mass is 16.5. The summed E-state index contributed by atoms with van der Waals surface area (Å²) >= 11 is 0. The van der Waals surface area contributed by atoms with Gasteiger partial charge >= 0.3 is 0 Å². The summed E-state index contributed by atoms with van der Waals surface area (Å²) in [7, 11) is 1.73. The minimum atomic E-state index is -0.195. The standard InChI is InChI=1S/C35H38N6O4/c1-3-26-27(8-6-10-30(26)41-14-13-40-29-9-5-4-7-23(29)20-31(40)35(41)44)25-19-28(34(43)38(2)22-25)37-32-12-11-24(21-36-32)33(42)39-15-17-45-18-16-39/h6,8,10-12,19-22H,3-5,7,9,13-18H2,1-2H3,(H,36,37). The number of amides is 2. The number of benzene rings is 1. The Kier molecular flexibility index (Phi) is 7.75. The van der Waals surface area contributed by atoms with Crippen LogP contribution in [0.3, 0.4) is 0 Å². The van der Waals surface area contributed by atoms with Crippen LogP contribution in [-0.4, -0.2) is 63.7 Å². The van der Waals surface area contributed by atoms with E-state index in [1.165, 1.54) is 30.3 Å². The largest absolute Gasteiger partial charge is 0.378 e. The summed E-state index contributed by atoms with van der Waals surface area (Å²) in [5.41, 5.74) is 7.94. The molecule has 10 nitrogen and oxygen atoms in total. The second-order valence-electron chi connectivity index (χ2n) is 12.0. The van der Waals surface area contributed by atoms with Gasteiger partial charge in [0.2, 0.25) is 0 Å². The number of aromatic nitrogens is 3. The normalized spacial score (nSPS) is 16.4. The Hall–Kier alpha value is -4.70. The molecule has 0 atom stereocenters. The van der Waals surface area contributed by atoms with Gasteiger partial charge in [0.25, 0.3) is 17.4 Å². The van der Waals surface area contributed by atoms with Crippen molar-refractivity contribution < 1.29 is 14.3 Å². The van der Waals surface area contributed by atoms with Crippen molar-refractivity contribution in [2.45, 2.75) is 45.6 Å². The van der Waals surface area contributed by atoms with Gasteiger partial charge in [0, 0.05) is 62.6 Å². The van der Waals surface area contributed by atoms with Gasteiger partial charge in [0.15, 0.2) is 0 Å². The summed E-state index contributed by atoms with van der Waals surface area (Å²) in [6.45, 7) is 5.70. The summed E-state index contributed by atoms with van der Waals surface area (Å²) in [5.74, 6) is 0.436. The first-order valence-electron chi connectivity index (χ1n) is 15.9. The number of carbonyl (C=O) groups is 2. The number of fused-ring (bicyclic) bond motifs is 3. The molecule has 1 aliphatic carbocycles. The minimum Gasteiger partial charge on any atom is -0.378 e. The van der Waals surface area contributed by atoms with E-state index in [0.717, 1.165) is 53.9 Å². The number of pyridine rings is 2. The van der Waals surface area contributed by atoms with E-state index in [1.807, 2.05) is 35.4 Å². The lowest BCUT2D eigenvalue weighted by Crippen LogP contribution is -2.41. The third kappa shape index (κ3) is 5.33. The number of nitrogens with one attached hydrogen (secondary N) is 1. The molecular formula is C35H38N6O4. The maximum atomic E-state index is 13.9. The fourth-order valence-electron chi connectivity index (χ4n) is 6.97. The van der Waals surface area contributed by atoms with E-state index in [0.29, 0.717) is 49.9 Å². The van der Waals surface area contributed by atoms with Crippen LogP contribution in [0, 0.1) is 0 Å². The molecule has 2 aliphatic heterocycles. The Labute approximate surface area is 262 Å². The molecule has 3 aromatic heterocycles. The van der Waals surface area contributed by atoms with Crippen molar-refractivity contribution >= 4 is 29.0 Å². The lowest BCUT2D eigenvalue weighted by atomic mass is 9.96. The van der Waals surface area contributed by atoms with Crippen molar-refractivity contribution in [2.75, 3.05) is 43.1 Å². The number of aryl methyl sites for hydroxylation is 2. The van der Waals surface area contributed by atoms with Gasteiger partial charge in [0.1, 0.15) is 17.2 Å². The fraction of sp³-hybridized carbons (Fsp3) is 0.371. The molecule has 0 bridgehead atoms. The van der Waals surface area contributed by atoms with Gasteiger partial charge in [-0.15, -0.1) is 0 Å². The Morgan fingerprint density at radius 2 is 1.82 bits per heavy atom. The van der Waals surface area contributed by atoms with Crippen LogP contribution in [-0.2, 0) is 37.6 Å². The average Bonchev–Trinajstić information content (AvgIpc) is 3.47. The first kappa shape index (κ1) is 29.0. The van der Waals surface area contributed by atoms with Crippen LogP contribution in [0.25, 0.3) is 11.1 Å². The number of ether oxygens (including phenoxy) is 1. The summed E-state index contributed by atoms with van der Waals surface area (Å²) in [5, 5.41) is 3.17. The summed E-state index contributed by atoms with van der Waals surface area (Å²) in [6, 6.07) is 13.5. The topological polar surface area (TPSA) is 102 Å². The van der Waals surface area contributed by atoms with Crippen LogP contribution >= 0.6 is 0 Å². The average molecular weight is 607 g/mol. The Morgan fingerprint density at radius 1 is 1.00 bits per heavy atom. The Morgan fingerprint density at radius 3 is 2.60 bits per heavy atom. The van der Waals surface area contributed by atoms with Crippen molar-refractivity contribution in [2.24, 2.45) is 7.05 Å². The van der Waals surface area contributed by atoms with Crippen molar-refractivity contribution in [3.05, 3.63) is 93.3 Å². The SMILES string of the molecule is CCc1c(-c2cc(Nc3ccc(C(=O)N4CCOCC4)cn3)c(=O)n(C)c2)cccc1N1CCn2c(cc3c2CCCC3)C1=O. The zero-order chi connectivity index (χ0) is 31.1. The number of hydrogen-bond acceptors (Lipinski definition) is 6. The molecule has 10 heteroatoms. The van der Waals surface area contributed by atoms with E-state index in [-0.39, 0.29) is 17.4 Å². The lowest BCUT2D eigenvalue weighted by Gasteiger charge is -2.32. The molecule has 1 fully saturated rings. The van der Waals surface area contributed by atoms with Crippen molar-refractivity contribution in [3.8, 4) is 11.1 Å². The highest BCUT2D eigenvalue weighted by Gasteiger charge is 2.31. The fourth-order valence-corrected chi connectivity index (χ4v) is 6.97. The van der Waals surface area contributed by atoms with Crippen LogP contribution in [0.5, 0.6) is 0 Å². The summed E-state index contributed by atoms with van der Waals surface area (Å²) in [4.78, 5) is 48.0. The van der Waals surface area contributed by atoms with E-state index >= 15 is 0 Å². The molecule has 45 heavy (non-hydrogen) atoms. The smallest absolute Gasteiger partial charge is 0.274 e. The molecule has 4 aromatic rings. The maximum absolute atomic E-state index is 13.9. The maximum Gasteiger partial charge on any atom is 0.274 e. The molecule has 7 rings (SSSR count). The van der Waals surface area contributed by atoms with Gasteiger partial charge in [-0.25, -0.2) is 4.98 Å². The molecule has 0 saturated carbocycles. The molecular weight excluding hydrogens is 568 g/mol. The lowest BCUT2D eigenvalue weighted by molar-refractivity contribution is 0.0302. The van der Waals surface area contributed by atoms with Gasteiger partial charge in [-0.05, 0) is 79.1 Å². The van der Waals surface area contributed by atoms with Crippen molar-refractivity contribution in [1.29, 1.82) is 0 Å². The minimum absolute atomic E-state index is 0.0481. The second-order valence-corrected chi connectivity index (χ2v) is 12.0. The zero-order valence-corrected chi connectivity index (χ0v) is 25.8. The third-order valence-corrected chi connectivity index (χ3v) is 9.28. The Bertz CT molecular complexity index is 1830. The highest BCUT2D eigenvalue weighted by Crippen LogP contribution is 2.36. The number of morpholine rings is 1. The Balaban J connectivity index is 1.17. The molecule has 0 radical (unpaired) electrons. The van der Waals surface area contributed by atoms with E-state index in [9.17, 15) is 14.4 Å². The first-order chi connectivity index (χ1) is 21.9. The van der Waals surface area contributed by atoms with Gasteiger partial charge < -0.3 is 29.0 Å². The molecule has 2 amide bonds.